The zero-order chi connectivity index (χ0) is 12.8. The lowest BCUT2D eigenvalue weighted by Crippen LogP contribution is -2.47. The highest BCUT2D eigenvalue weighted by Gasteiger charge is 2.35. The van der Waals surface area contributed by atoms with E-state index in [9.17, 15) is 0 Å². The van der Waals surface area contributed by atoms with Crippen LogP contribution in [0.2, 0.25) is 0 Å². The Labute approximate surface area is 116 Å². The third kappa shape index (κ3) is 1.99. The molecule has 0 aromatic carbocycles. The number of nitrogens with one attached hydrogen (secondary N) is 1. The first-order chi connectivity index (χ1) is 9.29. The number of hydrogen-bond acceptors (Lipinski definition) is 6. The van der Waals surface area contributed by atoms with E-state index in [0.717, 1.165) is 15.5 Å². The molecule has 2 atom stereocenters. The molecule has 2 aliphatic rings. The van der Waals surface area contributed by atoms with Gasteiger partial charge >= 0.3 is 0 Å². The Bertz CT molecular complexity index is 552. The zero-order valence-electron chi connectivity index (χ0n) is 10.9. The minimum absolute atomic E-state index is 0.604. The lowest BCUT2D eigenvalue weighted by Gasteiger charge is -2.35. The van der Waals surface area contributed by atoms with E-state index in [-0.39, 0.29) is 0 Å². The summed E-state index contributed by atoms with van der Waals surface area (Å²) >= 11 is 1.67. The number of piperidine rings is 1. The van der Waals surface area contributed by atoms with Crippen molar-refractivity contribution in [3.63, 3.8) is 0 Å². The molecule has 2 unspecified atom stereocenters. The van der Waals surface area contributed by atoms with Crippen molar-refractivity contribution in [3.8, 4) is 0 Å². The van der Waals surface area contributed by atoms with Crippen molar-refractivity contribution >= 4 is 26.8 Å². The normalized spacial score (nSPS) is 29.8. The number of nitrogens with zero attached hydrogens (tertiary/aromatic N) is 4. The number of anilines is 1. The number of aromatic nitrogens is 3. The van der Waals surface area contributed by atoms with Crippen molar-refractivity contribution in [2.75, 3.05) is 11.9 Å². The van der Waals surface area contributed by atoms with Crippen LogP contribution in [0.25, 0.3) is 10.3 Å². The minimum Gasteiger partial charge on any atom is -0.348 e. The lowest BCUT2D eigenvalue weighted by atomic mass is 9.99. The smallest absolute Gasteiger partial charge is 0.187 e. The van der Waals surface area contributed by atoms with Gasteiger partial charge in [0.25, 0.3) is 0 Å². The van der Waals surface area contributed by atoms with Crippen LogP contribution in [0.15, 0.2) is 12.5 Å². The summed E-state index contributed by atoms with van der Waals surface area (Å²) in [6.45, 7) is 0. The molecule has 0 aliphatic carbocycles. The standard InChI is InChI=1S/C13H17N5S/c1-18(10-4-8-2-3-9(5-10)16-8)13-17-11-6-14-7-15-12(11)19-13/h6-10,16H,2-5H2,1H3. The number of rotatable bonds is 2. The summed E-state index contributed by atoms with van der Waals surface area (Å²) in [6.07, 6.45) is 8.52. The molecule has 19 heavy (non-hydrogen) atoms. The lowest BCUT2D eigenvalue weighted by molar-refractivity contribution is 0.354. The Morgan fingerprint density at radius 2 is 2.11 bits per heavy atom. The van der Waals surface area contributed by atoms with Gasteiger partial charge < -0.3 is 10.2 Å². The molecule has 0 spiro atoms. The summed E-state index contributed by atoms with van der Waals surface area (Å²) in [5.74, 6) is 0. The summed E-state index contributed by atoms with van der Waals surface area (Å²) in [4.78, 5) is 16.3. The predicted molar refractivity (Wildman–Crippen MR) is 76.6 cm³/mol. The summed E-state index contributed by atoms with van der Waals surface area (Å²) in [7, 11) is 2.17. The predicted octanol–water partition coefficient (Wildman–Crippen LogP) is 1.81. The number of thiazole rings is 1. The van der Waals surface area contributed by atoms with Crippen LogP contribution in [0.1, 0.15) is 25.7 Å². The first-order valence-electron chi connectivity index (χ1n) is 6.85. The second-order valence-electron chi connectivity index (χ2n) is 5.58. The summed E-state index contributed by atoms with van der Waals surface area (Å²) in [6, 6.07) is 2.02. The van der Waals surface area contributed by atoms with Crippen LogP contribution < -0.4 is 10.2 Å². The maximum Gasteiger partial charge on any atom is 0.187 e. The molecular weight excluding hydrogens is 258 g/mol. The van der Waals surface area contributed by atoms with Crippen molar-refractivity contribution in [2.45, 2.75) is 43.8 Å². The van der Waals surface area contributed by atoms with E-state index >= 15 is 0 Å². The molecule has 0 saturated carbocycles. The topological polar surface area (TPSA) is 53.9 Å². The molecule has 2 aliphatic heterocycles. The third-order valence-electron chi connectivity index (χ3n) is 4.36. The fourth-order valence-corrected chi connectivity index (χ4v) is 4.24. The van der Waals surface area contributed by atoms with Crippen molar-refractivity contribution in [1.29, 1.82) is 0 Å². The fraction of sp³-hybridized carbons (Fsp3) is 0.615. The summed E-state index contributed by atoms with van der Waals surface area (Å²) < 4.78 is 0. The van der Waals surface area contributed by atoms with E-state index in [1.165, 1.54) is 25.7 Å². The Morgan fingerprint density at radius 1 is 1.32 bits per heavy atom. The van der Waals surface area contributed by atoms with Gasteiger partial charge in [0.2, 0.25) is 0 Å². The molecule has 2 aromatic rings. The van der Waals surface area contributed by atoms with Crippen LogP contribution in [0.3, 0.4) is 0 Å². The van der Waals surface area contributed by atoms with Crippen LogP contribution in [0.4, 0.5) is 5.13 Å². The average Bonchev–Trinajstić information content (AvgIpc) is 3.01. The minimum atomic E-state index is 0.604. The molecule has 1 N–H and O–H groups in total. The van der Waals surface area contributed by atoms with Gasteiger partial charge in [0, 0.05) is 25.2 Å². The molecule has 0 amide bonds. The first-order valence-corrected chi connectivity index (χ1v) is 7.66. The van der Waals surface area contributed by atoms with Gasteiger partial charge in [0.05, 0.1) is 6.20 Å². The van der Waals surface area contributed by atoms with Gasteiger partial charge in [0.1, 0.15) is 16.7 Å². The van der Waals surface area contributed by atoms with E-state index in [1.54, 1.807) is 23.9 Å². The third-order valence-corrected chi connectivity index (χ3v) is 5.43. The van der Waals surface area contributed by atoms with E-state index < -0.39 is 0 Å². The maximum absolute atomic E-state index is 4.66. The Hall–Kier alpha value is -1.27. The van der Waals surface area contributed by atoms with E-state index in [0.29, 0.717) is 18.1 Å². The Kier molecular flexibility index (Phi) is 2.66. The van der Waals surface area contributed by atoms with Crippen molar-refractivity contribution in [3.05, 3.63) is 12.5 Å². The SMILES string of the molecule is CN(c1nc2cncnc2s1)C1CC2CCC(C1)N2. The van der Waals surface area contributed by atoms with Gasteiger partial charge in [-0.2, -0.15) is 0 Å². The maximum atomic E-state index is 4.66. The average molecular weight is 275 g/mol. The molecule has 2 fully saturated rings. The fourth-order valence-electron chi connectivity index (χ4n) is 3.33. The molecule has 5 nitrogen and oxygen atoms in total. The van der Waals surface area contributed by atoms with Gasteiger partial charge in [-0.3, -0.25) is 0 Å². The highest BCUT2D eigenvalue weighted by molar-refractivity contribution is 7.21. The van der Waals surface area contributed by atoms with Crippen LogP contribution in [0, 0.1) is 0 Å². The van der Waals surface area contributed by atoms with Crippen molar-refractivity contribution in [1.82, 2.24) is 20.3 Å². The Balaban J connectivity index is 1.60. The molecule has 0 radical (unpaired) electrons. The molecule has 4 rings (SSSR count). The molecule has 4 heterocycles. The van der Waals surface area contributed by atoms with Gasteiger partial charge in [-0.1, -0.05) is 11.3 Å². The van der Waals surface area contributed by atoms with E-state index in [2.05, 4.69) is 32.2 Å². The molecule has 2 saturated heterocycles. The number of hydrogen-bond donors (Lipinski definition) is 1. The van der Waals surface area contributed by atoms with Crippen LogP contribution >= 0.6 is 11.3 Å². The summed E-state index contributed by atoms with van der Waals surface area (Å²) in [5, 5.41) is 4.76. The highest BCUT2D eigenvalue weighted by atomic mass is 32.1. The van der Waals surface area contributed by atoms with Crippen LogP contribution in [0.5, 0.6) is 0 Å². The Morgan fingerprint density at radius 3 is 2.84 bits per heavy atom. The monoisotopic (exact) mass is 275 g/mol. The van der Waals surface area contributed by atoms with Gasteiger partial charge in [-0.25, -0.2) is 15.0 Å². The van der Waals surface area contributed by atoms with Gasteiger partial charge in [-0.05, 0) is 25.7 Å². The first kappa shape index (κ1) is 11.5. The molecular formula is C13H17N5S. The van der Waals surface area contributed by atoms with Crippen molar-refractivity contribution < 1.29 is 0 Å². The van der Waals surface area contributed by atoms with E-state index in [4.69, 9.17) is 0 Å². The second-order valence-corrected chi connectivity index (χ2v) is 6.54. The molecule has 100 valence electrons. The second kappa shape index (κ2) is 4.38. The quantitative estimate of drug-likeness (QED) is 0.906. The highest BCUT2D eigenvalue weighted by Crippen LogP contribution is 2.33. The largest absolute Gasteiger partial charge is 0.348 e. The van der Waals surface area contributed by atoms with Crippen LogP contribution in [-0.2, 0) is 0 Å². The molecule has 2 bridgehead atoms. The molecule has 2 aromatic heterocycles. The van der Waals surface area contributed by atoms with Gasteiger partial charge in [-0.15, -0.1) is 0 Å². The van der Waals surface area contributed by atoms with Gasteiger partial charge in [0.15, 0.2) is 5.13 Å². The zero-order valence-corrected chi connectivity index (χ0v) is 11.7. The van der Waals surface area contributed by atoms with E-state index in [1.807, 2.05) is 0 Å². The molecule has 6 heteroatoms. The van der Waals surface area contributed by atoms with Crippen LogP contribution in [-0.4, -0.2) is 40.1 Å². The number of fused-ring (bicyclic) bond motifs is 3. The van der Waals surface area contributed by atoms with Crippen molar-refractivity contribution in [2.24, 2.45) is 0 Å². The summed E-state index contributed by atoms with van der Waals surface area (Å²) in [5.41, 5.74) is 0.909.